The van der Waals surface area contributed by atoms with Crippen molar-refractivity contribution in [3.8, 4) is 0 Å². The summed E-state index contributed by atoms with van der Waals surface area (Å²) in [4.78, 5) is 24.0. The molecule has 0 aromatic carbocycles. The maximum atomic E-state index is 12.0. The van der Waals surface area contributed by atoms with E-state index < -0.39 is 17.4 Å². The number of carbonyl (C=O) groups excluding carboxylic acids is 2. The lowest BCUT2D eigenvalue weighted by atomic mass is 9.83. The van der Waals surface area contributed by atoms with Crippen LogP contribution in [0.4, 0.5) is 0 Å². The number of ether oxygens (including phenoxy) is 2. The molecule has 0 saturated heterocycles. The van der Waals surface area contributed by atoms with Crippen molar-refractivity contribution in [1.82, 2.24) is 0 Å². The Labute approximate surface area is 121 Å². The highest BCUT2D eigenvalue weighted by atomic mass is 127. The Bertz CT molecular complexity index is 323. The molecular weight excluding hydrogens is 347 g/mol. The van der Waals surface area contributed by atoms with Crippen LogP contribution in [0.3, 0.4) is 0 Å². The molecule has 3 atom stereocenters. The fourth-order valence-corrected chi connectivity index (χ4v) is 4.47. The normalized spacial score (nSPS) is 32.9. The first-order valence-corrected chi connectivity index (χ1v) is 7.82. The molecule has 0 bridgehead atoms. The highest BCUT2D eigenvalue weighted by Gasteiger charge is 2.59. The molecule has 0 aromatic heterocycles. The third-order valence-corrected chi connectivity index (χ3v) is 5.78. The molecule has 2 saturated carbocycles. The number of rotatable bonds is 3. The van der Waals surface area contributed by atoms with Crippen molar-refractivity contribution in [1.29, 1.82) is 0 Å². The van der Waals surface area contributed by atoms with Gasteiger partial charge in [0.15, 0.2) is 5.41 Å². The van der Waals surface area contributed by atoms with Crippen molar-refractivity contribution in [2.24, 2.45) is 23.2 Å². The quantitative estimate of drug-likeness (QED) is 0.333. The van der Waals surface area contributed by atoms with Crippen LogP contribution in [0, 0.1) is 23.2 Å². The number of carbonyl (C=O) groups is 2. The number of hydrogen-bond acceptors (Lipinski definition) is 4. The molecule has 1 unspecified atom stereocenters. The molecule has 2 fully saturated rings. The minimum atomic E-state index is -1.03. The van der Waals surface area contributed by atoms with Gasteiger partial charge < -0.3 is 9.47 Å². The number of alkyl halides is 1. The van der Waals surface area contributed by atoms with Crippen LogP contribution in [0.1, 0.15) is 25.7 Å². The maximum absolute atomic E-state index is 12.0. The summed E-state index contributed by atoms with van der Waals surface area (Å²) in [6, 6.07) is 0. The fraction of sp³-hybridized carbons (Fsp3) is 0.846. The summed E-state index contributed by atoms with van der Waals surface area (Å²) in [5.41, 5.74) is -1.03. The first-order valence-electron chi connectivity index (χ1n) is 6.30. The lowest BCUT2D eigenvalue weighted by Crippen LogP contribution is -2.39. The van der Waals surface area contributed by atoms with Gasteiger partial charge in [-0.05, 0) is 43.4 Å². The van der Waals surface area contributed by atoms with Gasteiger partial charge in [0, 0.05) is 4.43 Å². The fourth-order valence-electron chi connectivity index (χ4n) is 3.75. The predicted octanol–water partition coefficient (Wildman–Crippen LogP) is 2.19. The van der Waals surface area contributed by atoms with Gasteiger partial charge >= 0.3 is 11.9 Å². The largest absolute Gasteiger partial charge is 0.468 e. The van der Waals surface area contributed by atoms with Crippen LogP contribution >= 0.6 is 22.6 Å². The smallest absolute Gasteiger partial charge is 0.323 e. The summed E-state index contributed by atoms with van der Waals surface area (Å²) in [6.45, 7) is 0. The van der Waals surface area contributed by atoms with E-state index in [9.17, 15) is 9.59 Å². The zero-order valence-corrected chi connectivity index (χ0v) is 12.9. The molecular formula is C13H19IO4. The van der Waals surface area contributed by atoms with Gasteiger partial charge in [-0.2, -0.15) is 0 Å². The van der Waals surface area contributed by atoms with Crippen LogP contribution in [0.2, 0.25) is 0 Å². The van der Waals surface area contributed by atoms with Crippen molar-refractivity contribution < 1.29 is 19.1 Å². The number of esters is 2. The highest BCUT2D eigenvalue weighted by molar-refractivity contribution is 14.1. The molecule has 5 heteroatoms. The average molecular weight is 366 g/mol. The van der Waals surface area contributed by atoms with E-state index in [4.69, 9.17) is 9.47 Å². The summed E-state index contributed by atoms with van der Waals surface area (Å²) in [7, 11) is 2.68. The second-order valence-corrected chi connectivity index (χ2v) is 6.37. The summed E-state index contributed by atoms with van der Waals surface area (Å²) in [6.07, 6.45) is 3.46. The molecule has 0 aliphatic heterocycles. The van der Waals surface area contributed by atoms with Gasteiger partial charge in [-0.1, -0.05) is 22.6 Å². The standard InChI is InChI=1S/C13H19IO4/c1-17-11(15)13(12(16)18-2)5-9-3-8(7-14)4-10(9)6-13/h8-10H,3-7H2,1-2H3/t8?,9-,10+. The van der Waals surface area contributed by atoms with Crippen LogP contribution in [0.25, 0.3) is 0 Å². The maximum Gasteiger partial charge on any atom is 0.323 e. The van der Waals surface area contributed by atoms with E-state index in [0.717, 1.165) is 23.2 Å². The number of halogens is 1. The van der Waals surface area contributed by atoms with Gasteiger partial charge in [0.2, 0.25) is 0 Å². The lowest BCUT2D eigenvalue weighted by molar-refractivity contribution is -0.169. The number of fused-ring (bicyclic) bond motifs is 1. The third-order valence-electron chi connectivity index (χ3n) is 4.53. The van der Waals surface area contributed by atoms with Crippen LogP contribution in [-0.2, 0) is 19.1 Å². The summed E-state index contributed by atoms with van der Waals surface area (Å²) in [5.74, 6) is 0.851. The molecule has 18 heavy (non-hydrogen) atoms. The molecule has 102 valence electrons. The summed E-state index contributed by atoms with van der Waals surface area (Å²) >= 11 is 2.42. The van der Waals surface area contributed by atoms with Gasteiger partial charge in [0.05, 0.1) is 14.2 Å². The van der Waals surface area contributed by atoms with Crippen molar-refractivity contribution in [3.05, 3.63) is 0 Å². The SMILES string of the molecule is COC(=O)C1(C(=O)OC)C[C@H]2CC(CI)C[C@H]2C1. The molecule has 0 radical (unpaired) electrons. The van der Waals surface area contributed by atoms with E-state index >= 15 is 0 Å². The van der Waals surface area contributed by atoms with Crippen molar-refractivity contribution in [2.45, 2.75) is 25.7 Å². The highest BCUT2D eigenvalue weighted by Crippen LogP contribution is 2.55. The predicted molar refractivity (Wildman–Crippen MR) is 74.3 cm³/mol. The van der Waals surface area contributed by atoms with E-state index in [0.29, 0.717) is 24.7 Å². The molecule has 0 aromatic rings. The van der Waals surface area contributed by atoms with Gasteiger partial charge in [-0.25, -0.2) is 0 Å². The Morgan fingerprint density at radius 2 is 1.56 bits per heavy atom. The van der Waals surface area contributed by atoms with E-state index in [1.54, 1.807) is 0 Å². The van der Waals surface area contributed by atoms with Gasteiger partial charge in [-0.15, -0.1) is 0 Å². The van der Waals surface area contributed by atoms with E-state index in [-0.39, 0.29) is 0 Å². The molecule has 4 nitrogen and oxygen atoms in total. The molecule has 2 rings (SSSR count). The van der Waals surface area contributed by atoms with E-state index in [2.05, 4.69) is 22.6 Å². The topological polar surface area (TPSA) is 52.6 Å². The number of methoxy groups -OCH3 is 2. The summed E-state index contributed by atoms with van der Waals surface area (Å²) < 4.78 is 10.8. The number of hydrogen-bond donors (Lipinski definition) is 0. The van der Waals surface area contributed by atoms with Crippen molar-refractivity contribution >= 4 is 34.5 Å². The van der Waals surface area contributed by atoms with Gasteiger partial charge in [0.1, 0.15) is 0 Å². The van der Waals surface area contributed by atoms with Gasteiger partial charge in [-0.3, -0.25) is 9.59 Å². The molecule has 0 heterocycles. The molecule has 0 amide bonds. The van der Waals surface area contributed by atoms with Crippen LogP contribution < -0.4 is 0 Å². The monoisotopic (exact) mass is 366 g/mol. The third kappa shape index (κ3) is 2.14. The Morgan fingerprint density at radius 1 is 1.11 bits per heavy atom. The summed E-state index contributed by atoms with van der Waals surface area (Å²) in [5, 5.41) is 0. The second kappa shape index (κ2) is 5.35. The minimum Gasteiger partial charge on any atom is -0.468 e. The minimum absolute atomic E-state index is 0.422. The Hall–Kier alpha value is -0.330. The van der Waals surface area contributed by atoms with E-state index in [1.165, 1.54) is 14.2 Å². The zero-order chi connectivity index (χ0) is 13.3. The van der Waals surface area contributed by atoms with Crippen LogP contribution in [-0.4, -0.2) is 30.6 Å². The van der Waals surface area contributed by atoms with Gasteiger partial charge in [0.25, 0.3) is 0 Å². The van der Waals surface area contributed by atoms with Crippen molar-refractivity contribution in [2.75, 3.05) is 18.6 Å². The Balaban J connectivity index is 2.17. The van der Waals surface area contributed by atoms with Crippen LogP contribution in [0.5, 0.6) is 0 Å². The Morgan fingerprint density at radius 3 is 1.89 bits per heavy atom. The van der Waals surface area contributed by atoms with Crippen molar-refractivity contribution in [3.63, 3.8) is 0 Å². The molecule has 0 spiro atoms. The molecule has 0 N–H and O–H groups in total. The Kier molecular flexibility index (Phi) is 4.18. The first kappa shape index (κ1) is 14.1. The average Bonchev–Trinajstić information content (AvgIpc) is 2.92. The zero-order valence-electron chi connectivity index (χ0n) is 10.8. The van der Waals surface area contributed by atoms with E-state index in [1.807, 2.05) is 0 Å². The molecule has 2 aliphatic rings. The lowest BCUT2D eigenvalue weighted by Gasteiger charge is -2.24. The first-order chi connectivity index (χ1) is 8.57. The molecule has 2 aliphatic carbocycles. The second-order valence-electron chi connectivity index (χ2n) is 5.49. The van der Waals surface area contributed by atoms with Crippen LogP contribution in [0.15, 0.2) is 0 Å².